The lowest BCUT2D eigenvalue weighted by atomic mass is 9.97. The van der Waals surface area contributed by atoms with Crippen molar-refractivity contribution in [1.82, 2.24) is 10.2 Å². The van der Waals surface area contributed by atoms with Crippen molar-refractivity contribution in [3.05, 3.63) is 23.7 Å². The van der Waals surface area contributed by atoms with Gasteiger partial charge in [0, 0.05) is 0 Å². The largest absolute Gasteiger partial charge is 0.478 e. The lowest BCUT2D eigenvalue weighted by molar-refractivity contribution is 0.0696. The zero-order valence-corrected chi connectivity index (χ0v) is 11.4. The molecular weight excluding hydrogens is 244 g/mol. The molecule has 1 saturated heterocycles. The van der Waals surface area contributed by atoms with Gasteiger partial charge in [-0.15, -0.1) is 0 Å². The maximum atomic E-state index is 10.7. The number of nitrogens with one attached hydrogen (secondary N) is 1. The van der Waals surface area contributed by atoms with Crippen molar-refractivity contribution in [3.8, 4) is 0 Å². The summed E-state index contributed by atoms with van der Waals surface area (Å²) in [7, 11) is 0. The van der Waals surface area contributed by atoms with Gasteiger partial charge in [-0.05, 0) is 51.0 Å². The molecule has 0 unspecified atom stereocenters. The molecule has 0 amide bonds. The van der Waals surface area contributed by atoms with Crippen molar-refractivity contribution in [2.24, 2.45) is 5.92 Å². The predicted octanol–water partition coefficient (Wildman–Crippen LogP) is 1.80. The molecule has 0 aliphatic carbocycles. The summed E-state index contributed by atoms with van der Waals surface area (Å²) in [6.45, 7) is 7.29. The van der Waals surface area contributed by atoms with Crippen LogP contribution in [0.15, 0.2) is 16.7 Å². The lowest BCUT2D eigenvalue weighted by Crippen LogP contribution is -2.36. The Labute approximate surface area is 113 Å². The van der Waals surface area contributed by atoms with Crippen LogP contribution in [-0.4, -0.2) is 42.2 Å². The molecule has 1 fully saturated rings. The summed E-state index contributed by atoms with van der Waals surface area (Å²) < 4.78 is 5.20. The van der Waals surface area contributed by atoms with Crippen molar-refractivity contribution in [2.45, 2.75) is 26.3 Å². The second kappa shape index (κ2) is 6.73. The fourth-order valence-corrected chi connectivity index (χ4v) is 2.49. The van der Waals surface area contributed by atoms with E-state index in [1.165, 1.54) is 32.2 Å². The second-order valence-electron chi connectivity index (χ2n) is 5.12. The first-order chi connectivity index (χ1) is 9.19. The smallest absolute Gasteiger partial charge is 0.338 e. The van der Waals surface area contributed by atoms with Gasteiger partial charge in [0.2, 0.25) is 0 Å². The fourth-order valence-electron chi connectivity index (χ4n) is 2.49. The van der Waals surface area contributed by atoms with Crippen molar-refractivity contribution in [3.63, 3.8) is 0 Å². The molecule has 1 aromatic heterocycles. The van der Waals surface area contributed by atoms with Crippen LogP contribution >= 0.6 is 0 Å². The number of likely N-dealkylation sites (tertiary alicyclic amines) is 1. The third-order valence-corrected chi connectivity index (χ3v) is 3.79. The Morgan fingerprint density at radius 3 is 2.84 bits per heavy atom. The van der Waals surface area contributed by atoms with Crippen LogP contribution in [0.25, 0.3) is 0 Å². The molecule has 19 heavy (non-hydrogen) atoms. The number of piperidine rings is 1. The Morgan fingerprint density at radius 2 is 2.26 bits per heavy atom. The highest BCUT2D eigenvalue weighted by atomic mass is 16.4. The molecule has 2 heterocycles. The predicted molar refractivity (Wildman–Crippen MR) is 72.2 cm³/mol. The van der Waals surface area contributed by atoms with E-state index in [4.69, 9.17) is 9.52 Å². The third kappa shape index (κ3) is 4.08. The van der Waals surface area contributed by atoms with E-state index < -0.39 is 5.97 Å². The Morgan fingerprint density at radius 1 is 1.53 bits per heavy atom. The Balaban J connectivity index is 1.67. The van der Waals surface area contributed by atoms with Gasteiger partial charge in [-0.1, -0.05) is 6.92 Å². The summed E-state index contributed by atoms with van der Waals surface area (Å²) in [5, 5.41) is 12.1. The van der Waals surface area contributed by atoms with E-state index in [-0.39, 0.29) is 5.56 Å². The maximum absolute atomic E-state index is 10.7. The fraction of sp³-hybridized carbons (Fsp3) is 0.643. The van der Waals surface area contributed by atoms with Gasteiger partial charge in [-0.3, -0.25) is 0 Å². The summed E-state index contributed by atoms with van der Waals surface area (Å²) in [5.74, 6) is 0.460. The quantitative estimate of drug-likeness (QED) is 0.822. The van der Waals surface area contributed by atoms with Crippen LogP contribution in [0.4, 0.5) is 0 Å². The number of furan rings is 1. The molecule has 1 aliphatic heterocycles. The molecule has 106 valence electrons. The minimum absolute atomic E-state index is 0.216. The zero-order chi connectivity index (χ0) is 13.7. The number of aromatic carboxylic acids is 1. The molecule has 5 nitrogen and oxygen atoms in total. The molecule has 1 aliphatic rings. The van der Waals surface area contributed by atoms with Gasteiger partial charge in [0.05, 0.1) is 12.1 Å². The van der Waals surface area contributed by atoms with E-state index in [1.807, 2.05) is 0 Å². The minimum Gasteiger partial charge on any atom is -0.478 e. The van der Waals surface area contributed by atoms with Crippen molar-refractivity contribution < 1.29 is 14.3 Å². The van der Waals surface area contributed by atoms with Gasteiger partial charge in [-0.2, -0.15) is 0 Å². The highest BCUT2D eigenvalue weighted by Gasteiger charge is 2.17. The second-order valence-corrected chi connectivity index (χ2v) is 5.12. The Hall–Kier alpha value is -1.33. The van der Waals surface area contributed by atoms with Crippen LogP contribution < -0.4 is 5.32 Å². The van der Waals surface area contributed by atoms with Crippen LogP contribution in [0, 0.1) is 5.92 Å². The minimum atomic E-state index is -0.943. The summed E-state index contributed by atoms with van der Waals surface area (Å²) in [5.41, 5.74) is 0.216. The summed E-state index contributed by atoms with van der Waals surface area (Å²) in [6, 6.07) is 1.58. The molecule has 0 saturated carbocycles. The molecule has 2 N–H and O–H groups in total. The Kier molecular flexibility index (Phi) is 4.99. The molecular formula is C14H22N2O3. The van der Waals surface area contributed by atoms with Crippen LogP contribution in [0.2, 0.25) is 0 Å². The normalized spacial score (nSPS) is 17.7. The van der Waals surface area contributed by atoms with E-state index >= 15 is 0 Å². The van der Waals surface area contributed by atoms with E-state index in [0.29, 0.717) is 12.3 Å². The molecule has 0 atom stereocenters. The molecule has 2 rings (SSSR count). The van der Waals surface area contributed by atoms with E-state index in [1.54, 1.807) is 6.07 Å². The number of carboxylic acids is 1. The van der Waals surface area contributed by atoms with E-state index in [2.05, 4.69) is 17.1 Å². The van der Waals surface area contributed by atoms with Crippen molar-refractivity contribution >= 4 is 5.97 Å². The van der Waals surface area contributed by atoms with E-state index in [0.717, 1.165) is 19.0 Å². The number of carboxylic acid groups (broad SMARTS) is 1. The van der Waals surface area contributed by atoms with Gasteiger partial charge in [-0.25, -0.2) is 4.79 Å². The van der Waals surface area contributed by atoms with Gasteiger partial charge in [0.15, 0.2) is 0 Å². The summed E-state index contributed by atoms with van der Waals surface area (Å²) >= 11 is 0. The summed E-state index contributed by atoms with van der Waals surface area (Å²) in [6.07, 6.45) is 3.76. The molecule has 0 radical (unpaired) electrons. The third-order valence-electron chi connectivity index (χ3n) is 3.79. The first-order valence-electron chi connectivity index (χ1n) is 6.92. The summed E-state index contributed by atoms with van der Waals surface area (Å²) in [4.78, 5) is 13.2. The van der Waals surface area contributed by atoms with Gasteiger partial charge in [0.1, 0.15) is 12.0 Å². The first kappa shape index (κ1) is 14.1. The van der Waals surface area contributed by atoms with Crippen molar-refractivity contribution in [2.75, 3.05) is 26.2 Å². The number of hydrogen-bond acceptors (Lipinski definition) is 4. The number of carbonyl (C=O) groups is 1. The molecule has 5 heteroatoms. The molecule has 1 aromatic rings. The Bertz CT molecular complexity index is 409. The number of nitrogens with zero attached hydrogens (tertiary/aromatic N) is 1. The lowest BCUT2D eigenvalue weighted by Gasteiger charge is -2.31. The number of rotatable bonds is 6. The average molecular weight is 266 g/mol. The van der Waals surface area contributed by atoms with E-state index in [9.17, 15) is 4.79 Å². The first-order valence-corrected chi connectivity index (χ1v) is 6.92. The highest BCUT2D eigenvalue weighted by molar-refractivity contribution is 5.87. The van der Waals surface area contributed by atoms with Gasteiger partial charge >= 0.3 is 5.97 Å². The topological polar surface area (TPSA) is 65.7 Å². The zero-order valence-electron chi connectivity index (χ0n) is 11.4. The SMILES string of the molecule is CCN1CCC(CNCc2cc(C(=O)O)co2)CC1. The molecule has 0 spiro atoms. The van der Waals surface area contributed by atoms with Crippen LogP contribution in [0.1, 0.15) is 35.9 Å². The number of hydrogen-bond donors (Lipinski definition) is 2. The van der Waals surface area contributed by atoms with Gasteiger partial charge < -0.3 is 19.7 Å². The standard InChI is InChI=1S/C14H22N2O3/c1-2-16-5-3-11(4-6-16)8-15-9-13-7-12(10-19-13)14(17)18/h7,10-11,15H,2-6,8-9H2,1H3,(H,17,18). The van der Waals surface area contributed by atoms with Crippen LogP contribution in [-0.2, 0) is 6.54 Å². The van der Waals surface area contributed by atoms with Crippen LogP contribution in [0.5, 0.6) is 0 Å². The highest BCUT2D eigenvalue weighted by Crippen LogP contribution is 2.16. The average Bonchev–Trinajstić information content (AvgIpc) is 2.89. The molecule has 0 aromatic carbocycles. The maximum Gasteiger partial charge on any atom is 0.338 e. The molecule has 0 bridgehead atoms. The van der Waals surface area contributed by atoms with Gasteiger partial charge in [0.25, 0.3) is 0 Å². The monoisotopic (exact) mass is 266 g/mol. The van der Waals surface area contributed by atoms with Crippen LogP contribution in [0.3, 0.4) is 0 Å². The van der Waals surface area contributed by atoms with Crippen molar-refractivity contribution in [1.29, 1.82) is 0 Å².